The minimum Gasteiger partial charge on any atom is -0.374 e. The summed E-state index contributed by atoms with van der Waals surface area (Å²) in [5, 5.41) is 4.24. The first-order valence-corrected chi connectivity index (χ1v) is 8.73. The van der Waals surface area contributed by atoms with E-state index in [1.165, 1.54) is 5.56 Å². The number of aromatic nitrogens is 3. The van der Waals surface area contributed by atoms with Crippen molar-refractivity contribution in [3.8, 4) is 0 Å². The van der Waals surface area contributed by atoms with Gasteiger partial charge in [-0.05, 0) is 18.6 Å². The molecule has 1 amide bonds. The number of pyridine rings is 1. The minimum absolute atomic E-state index is 0.0506. The average Bonchev–Trinajstić information content (AvgIpc) is 3.06. The molecule has 7 heteroatoms. The molecule has 0 aromatic carbocycles. The normalized spacial score (nSPS) is 24.1. The molecule has 2 aromatic heterocycles. The molecular weight excluding hydrogens is 318 g/mol. The zero-order chi connectivity index (χ0) is 17.2. The number of nitrogens with zero attached hydrogens (tertiary/aromatic N) is 5. The van der Waals surface area contributed by atoms with Crippen molar-refractivity contribution in [1.29, 1.82) is 0 Å². The molecule has 2 aliphatic rings. The number of hydrogen-bond acceptors (Lipinski definition) is 5. The molecule has 0 unspecified atom stereocenters. The van der Waals surface area contributed by atoms with Crippen LogP contribution in [0, 0.1) is 0 Å². The van der Waals surface area contributed by atoms with E-state index in [2.05, 4.69) is 15.0 Å². The molecule has 25 heavy (non-hydrogen) atoms. The number of morpholine rings is 1. The summed E-state index contributed by atoms with van der Waals surface area (Å²) in [5.74, 6) is 0.0506. The summed E-state index contributed by atoms with van der Waals surface area (Å²) >= 11 is 0. The fourth-order valence-corrected chi connectivity index (χ4v) is 3.80. The highest BCUT2D eigenvalue weighted by atomic mass is 16.5. The summed E-state index contributed by atoms with van der Waals surface area (Å²) in [4.78, 5) is 21.4. The smallest absolute Gasteiger partial charge is 0.255 e. The van der Waals surface area contributed by atoms with Crippen LogP contribution in [0.15, 0.2) is 36.9 Å². The highest BCUT2D eigenvalue weighted by Gasteiger charge is 2.39. The molecule has 132 valence electrons. The molecular formula is C18H23N5O2. The molecule has 4 heterocycles. The number of ether oxygens (including phenoxy) is 1. The van der Waals surface area contributed by atoms with Crippen molar-refractivity contribution in [2.45, 2.75) is 25.1 Å². The molecule has 0 aliphatic carbocycles. The fraction of sp³-hybridized carbons (Fsp3) is 0.500. The van der Waals surface area contributed by atoms with E-state index in [-0.39, 0.29) is 18.1 Å². The standard InChI is InChI=1S/C18H23N5O2/c1-21-11-14(9-20-21)12-22-6-4-17-16(13-22)23(7-8-25-17)18(24)15-3-2-5-19-10-15/h2-3,5,9-11,16-17H,4,6-8,12-13H2,1H3/t16-,17-/m1/s1. The van der Waals surface area contributed by atoms with Gasteiger partial charge in [-0.1, -0.05) is 0 Å². The SMILES string of the molecule is Cn1cc(CN2CC[C@H]3OCCN(C(=O)c4cccnc4)[C@@H]3C2)cn1. The van der Waals surface area contributed by atoms with Gasteiger partial charge in [-0.3, -0.25) is 19.4 Å². The Balaban J connectivity index is 1.48. The number of likely N-dealkylation sites (tertiary alicyclic amines) is 1. The lowest BCUT2D eigenvalue weighted by Gasteiger charge is -2.47. The Bertz CT molecular complexity index is 732. The van der Waals surface area contributed by atoms with Crippen molar-refractivity contribution in [1.82, 2.24) is 24.6 Å². The highest BCUT2D eigenvalue weighted by molar-refractivity contribution is 5.94. The van der Waals surface area contributed by atoms with E-state index in [4.69, 9.17) is 4.74 Å². The van der Waals surface area contributed by atoms with Gasteiger partial charge in [0, 0.05) is 57.4 Å². The van der Waals surface area contributed by atoms with Gasteiger partial charge in [0.1, 0.15) is 0 Å². The molecule has 2 fully saturated rings. The number of piperidine rings is 1. The van der Waals surface area contributed by atoms with Crippen molar-refractivity contribution in [2.24, 2.45) is 7.05 Å². The Kier molecular flexibility index (Phi) is 4.50. The highest BCUT2D eigenvalue weighted by Crippen LogP contribution is 2.25. The maximum absolute atomic E-state index is 12.9. The molecule has 2 saturated heterocycles. The first kappa shape index (κ1) is 16.2. The predicted octanol–water partition coefficient (Wildman–Crippen LogP) is 0.931. The zero-order valence-electron chi connectivity index (χ0n) is 14.4. The number of fused-ring (bicyclic) bond motifs is 1. The van der Waals surface area contributed by atoms with Crippen molar-refractivity contribution in [3.05, 3.63) is 48.0 Å². The van der Waals surface area contributed by atoms with Crippen LogP contribution in [0.2, 0.25) is 0 Å². The second-order valence-electron chi connectivity index (χ2n) is 6.76. The lowest BCUT2D eigenvalue weighted by molar-refractivity contribution is -0.0914. The summed E-state index contributed by atoms with van der Waals surface area (Å²) in [7, 11) is 1.93. The van der Waals surface area contributed by atoms with Crippen molar-refractivity contribution in [3.63, 3.8) is 0 Å². The minimum atomic E-state index is 0.0506. The van der Waals surface area contributed by atoms with Crippen LogP contribution in [0.5, 0.6) is 0 Å². The summed E-state index contributed by atoms with van der Waals surface area (Å²) in [6.45, 7) is 3.90. The second kappa shape index (κ2) is 6.93. The molecule has 2 aromatic rings. The monoisotopic (exact) mass is 341 g/mol. The number of aryl methyl sites for hydroxylation is 1. The Morgan fingerprint density at radius 2 is 2.28 bits per heavy atom. The summed E-state index contributed by atoms with van der Waals surface area (Å²) in [6.07, 6.45) is 8.35. The van der Waals surface area contributed by atoms with E-state index in [9.17, 15) is 4.79 Å². The van der Waals surface area contributed by atoms with Gasteiger partial charge in [-0.25, -0.2) is 0 Å². The third-order valence-electron chi connectivity index (χ3n) is 5.00. The van der Waals surface area contributed by atoms with Gasteiger partial charge >= 0.3 is 0 Å². The lowest BCUT2D eigenvalue weighted by Crippen LogP contribution is -2.61. The van der Waals surface area contributed by atoms with Gasteiger partial charge in [-0.15, -0.1) is 0 Å². The van der Waals surface area contributed by atoms with E-state index in [1.807, 2.05) is 35.1 Å². The van der Waals surface area contributed by atoms with Crippen LogP contribution in [-0.4, -0.2) is 68.9 Å². The molecule has 0 radical (unpaired) electrons. The Morgan fingerprint density at radius 3 is 3.04 bits per heavy atom. The molecule has 0 N–H and O–H groups in total. The molecule has 7 nitrogen and oxygen atoms in total. The Hall–Kier alpha value is -2.25. The lowest BCUT2D eigenvalue weighted by atomic mass is 9.97. The maximum Gasteiger partial charge on any atom is 0.255 e. The first-order chi connectivity index (χ1) is 12.2. The van der Waals surface area contributed by atoms with E-state index >= 15 is 0 Å². The van der Waals surface area contributed by atoms with E-state index in [1.54, 1.807) is 18.5 Å². The number of carbonyl (C=O) groups is 1. The Labute approximate surface area is 147 Å². The zero-order valence-corrected chi connectivity index (χ0v) is 14.4. The third-order valence-corrected chi connectivity index (χ3v) is 5.00. The van der Waals surface area contributed by atoms with E-state index in [0.717, 1.165) is 26.1 Å². The number of carbonyl (C=O) groups excluding carboxylic acids is 1. The molecule has 0 spiro atoms. The van der Waals surface area contributed by atoms with Crippen LogP contribution in [0.4, 0.5) is 0 Å². The Morgan fingerprint density at radius 1 is 1.36 bits per heavy atom. The molecule has 0 saturated carbocycles. The average molecular weight is 341 g/mol. The maximum atomic E-state index is 12.9. The number of rotatable bonds is 3. The molecule has 4 rings (SSSR count). The van der Waals surface area contributed by atoms with Gasteiger partial charge in [0.15, 0.2) is 0 Å². The van der Waals surface area contributed by atoms with Gasteiger partial charge in [0.2, 0.25) is 0 Å². The molecule has 2 atom stereocenters. The van der Waals surface area contributed by atoms with Crippen LogP contribution in [0.25, 0.3) is 0 Å². The second-order valence-corrected chi connectivity index (χ2v) is 6.76. The van der Waals surface area contributed by atoms with Crippen LogP contribution in [0.3, 0.4) is 0 Å². The van der Waals surface area contributed by atoms with Crippen molar-refractivity contribution >= 4 is 5.91 Å². The van der Waals surface area contributed by atoms with E-state index < -0.39 is 0 Å². The van der Waals surface area contributed by atoms with Gasteiger partial charge < -0.3 is 9.64 Å². The predicted molar refractivity (Wildman–Crippen MR) is 91.9 cm³/mol. The fourth-order valence-electron chi connectivity index (χ4n) is 3.80. The quantitative estimate of drug-likeness (QED) is 0.831. The number of hydrogen-bond donors (Lipinski definition) is 0. The number of amides is 1. The first-order valence-electron chi connectivity index (χ1n) is 8.73. The topological polar surface area (TPSA) is 63.5 Å². The third kappa shape index (κ3) is 3.43. The van der Waals surface area contributed by atoms with Crippen LogP contribution in [-0.2, 0) is 18.3 Å². The van der Waals surface area contributed by atoms with Crippen molar-refractivity contribution in [2.75, 3.05) is 26.2 Å². The summed E-state index contributed by atoms with van der Waals surface area (Å²) < 4.78 is 7.77. The largest absolute Gasteiger partial charge is 0.374 e. The van der Waals surface area contributed by atoms with Crippen LogP contribution in [0.1, 0.15) is 22.3 Å². The van der Waals surface area contributed by atoms with Crippen molar-refractivity contribution < 1.29 is 9.53 Å². The molecule has 2 aliphatic heterocycles. The van der Waals surface area contributed by atoms with Gasteiger partial charge in [0.25, 0.3) is 5.91 Å². The molecule has 0 bridgehead atoms. The summed E-state index contributed by atoms with van der Waals surface area (Å²) in [6, 6.07) is 3.73. The van der Waals surface area contributed by atoms with Gasteiger partial charge in [-0.2, -0.15) is 5.10 Å². The van der Waals surface area contributed by atoms with E-state index in [0.29, 0.717) is 18.7 Å². The van der Waals surface area contributed by atoms with Crippen LogP contribution >= 0.6 is 0 Å². The summed E-state index contributed by atoms with van der Waals surface area (Å²) in [5.41, 5.74) is 1.84. The van der Waals surface area contributed by atoms with Crippen LogP contribution < -0.4 is 0 Å². The van der Waals surface area contributed by atoms with Gasteiger partial charge in [0.05, 0.1) is 30.5 Å².